The van der Waals surface area contributed by atoms with Gasteiger partial charge in [0.2, 0.25) is 5.91 Å². The molecule has 0 radical (unpaired) electrons. The maximum atomic E-state index is 12.0. The van der Waals surface area contributed by atoms with Crippen molar-refractivity contribution in [3.63, 3.8) is 0 Å². The van der Waals surface area contributed by atoms with Crippen molar-refractivity contribution in [3.8, 4) is 5.69 Å². The van der Waals surface area contributed by atoms with E-state index in [9.17, 15) is 9.59 Å². The predicted molar refractivity (Wildman–Crippen MR) is 67.0 cm³/mol. The van der Waals surface area contributed by atoms with Crippen molar-refractivity contribution in [3.05, 3.63) is 30.6 Å². The van der Waals surface area contributed by atoms with Gasteiger partial charge in [-0.05, 0) is 29.0 Å². The number of aliphatic carboxylic acids is 1. The molecule has 2 N–H and O–H groups in total. The molecule has 0 unspecified atom stereocenters. The van der Waals surface area contributed by atoms with Crippen LogP contribution in [0, 0.1) is 11.8 Å². The van der Waals surface area contributed by atoms with Crippen molar-refractivity contribution in [1.82, 2.24) is 20.2 Å². The third-order valence-electron chi connectivity index (χ3n) is 3.20. The van der Waals surface area contributed by atoms with Crippen LogP contribution in [0.5, 0.6) is 0 Å². The monoisotopic (exact) mass is 273 g/mol. The number of nitrogens with zero attached hydrogens (tertiary/aromatic N) is 4. The third kappa shape index (κ3) is 2.22. The summed E-state index contributed by atoms with van der Waals surface area (Å²) in [6.45, 7) is 0. The molecule has 1 saturated carbocycles. The van der Waals surface area contributed by atoms with E-state index in [1.807, 2.05) is 0 Å². The van der Waals surface area contributed by atoms with Gasteiger partial charge < -0.3 is 10.4 Å². The van der Waals surface area contributed by atoms with E-state index in [0.717, 1.165) is 0 Å². The first-order valence-corrected chi connectivity index (χ1v) is 6.03. The number of carbonyl (C=O) groups is 2. The molecule has 1 aliphatic carbocycles. The van der Waals surface area contributed by atoms with Gasteiger partial charge in [0.05, 0.1) is 23.2 Å². The van der Waals surface area contributed by atoms with Crippen LogP contribution in [0.15, 0.2) is 30.6 Å². The first-order chi connectivity index (χ1) is 9.66. The zero-order valence-electron chi connectivity index (χ0n) is 10.3. The Kier molecular flexibility index (Phi) is 2.90. The second-order valence-electron chi connectivity index (χ2n) is 4.55. The molecule has 1 aliphatic rings. The van der Waals surface area contributed by atoms with Gasteiger partial charge in [-0.25, -0.2) is 0 Å². The second-order valence-corrected chi connectivity index (χ2v) is 4.55. The minimum atomic E-state index is -0.932. The van der Waals surface area contributed by atoms with Crippen LogP contribution in [0.3, 0.4) is 0 Å². The standard InChI is InChI=1S/C12H11N5O3/c18-11(7-5-8(7)12(19)20)14-9-3-1-2-4-10(9)17-6-13-15-16-17/h1-4,6-8H,5H2,(H,14,18)(H,19,20)/t7-,8+/m1/s1. The molecule has 102 valence electrons. The van der Waals surface area contributed by atoms with Gasteiger partial charge in [-0.1, -0.05) is 12.1 Å². The Morgan fingerprint density at radius 1 is 1.30 bits per heavy atom. The van der Waals surface area contributed by atoms with E-state index in [0.29, 0.717) is 17.8 Å². The Balaban J connectivity index is 1.79. The van der Waals surface area contributed by atoms with Crippen LogP contribution in [0.1, 0.15) is 6.42 Å². The number of aromatic nitrogens is 4. The summed E-state index contributed by atoms with van der Waals surface area (Å²) in [7, 11) is 0. The zero-order chi connectivity index (χ0) is 14.1. The minimum absolute atomic E-state index is 0.294. The van der Waals surface area contributed by atoms with Crippen molar-refractivity contribution in [2.45, 2.75) is 6.42 Å². The quantitative estimate of drug-likeness (QED) is 0.830. The van der Waals surface area contributed by atoms with Gasteiger partial charge in [0.1, 0.15) is 6.33 Å². The Hall–Kier alpha value is -2.77. The maximum absolute atomic E-state index is 12.0. The van der Waals surface area contributed by atoms with Crippen LogP contribution in [0.4, 0.5) is 5.69 Å². The Morgan fingerprint density at radius 3 is 2.75 bits per heavy atom. The minimum Gasteiger partial charge on any atom is -0.481 e. The molecule has 1 amide bonds. The average Bonchev–Trinajstić information content (AvgIpc) is 3.08. The molecular formula is C12H11N5O3. The van der Waals surface area contributed by atoms with E-state index >= 15 is 0 Å². The molecule has 3 rings (SSSR count). The van der Waals surface area contributed by atoms with Crippen molar-refractivity contribution in [2.75, 3.05) is 5.32 Å². The predicted octanol–water partition coefficient (Wildman–Crippen LogP) is 0.321. The fourth-order valence-corrected chi connectivity index (χ4v) is 2.03. The van der Waals surface area contributed by atoms with E-state index in [-0.39, 0.29) is 5.91 Å². The van der Waals surface area contributed by atoms with E-state index in [4.69, 9.17) is 5.11 Å². The van der Waals surface area contributed by atoms with Crippen LogP contribution >= 0.6 is 0 Å². The lowest BCUT2D eigenvalue weighted by Crippen LogP contribution is -2.18. The van der Waals surface area contributed by atoms with Gasteiger partial charge in [0, 0.05) is 0 Å². The first kappa shape index (κ1) is 12.3. The molecule has 0 aliphatic heterocycles. The molecule has 20 heavy (non-hydrogen) atoms. The number of carboxylic acid groups (broad SMARTS) is 1. The van der Waals surface area contributed by atoms with Crippen molar-refractivity contribution in [1.29, 1.82) is 0 Å². The van der Waals surface area contributed by atoms with Crippen LogP contribution in [-0.4, -0.2) is 37.2 Å². The summed E-state index contributed by atoms with van der Waals surface area (Å²) < 4.78 is 1.43. The normalized spacial score (nSPS) is 20.4. The molecule has 8 nitrogen and oxygen atoms in total. The smallest absolute Gasteiger partial charge is 0.307 e. The molecule has 0 saturated heterocycles. The Morgan fingerprint density at radius 2 is 2.10 bits per heavy atom. The van der Waals surface area contributed by atoms with Crippen LogP contribution in [0.2, 0.25) is 0 Å². The van der Waals surface area contributed by atoms with E-state index in [1.165, 1.54) is 11.0 Å². The number of tetrazole rings is 1. The molecule has 0 bridgehead atoms. The lowest BCUT2D eigenvalue weighted by molar-refractivity contribution is -0.139. The number of benzene rings is 1. The molecular weight excluding hydrogens is 262 g/mol. The van der Waals surface area contributed by atoms with E-state index in [2.05, 4.69) is 20.8 Å². The van der Waals surface area contributed by atoms with Gasteiger partial charge >= 0.3 is 5.97 Å². The number of hydrogen-bond donors (Lipinski definition) is 2. The highest BCUT2D eigenvalue weighted by Crippen LogP contribution is 2.39. The van der Waals surface area contributed by atoms with E-state index < -0.39 is 17.8 Å². The highest BCUT2D eigenvalue weighted by molar-refractivity contribution is 5.99. The number of para-hydroxylation sites is 2. The van der Waals surface area contributed by atoms with E-state index in [1.54, 1.807) is 24.3 Å². The van der Waals surface area contributed by atoms with Crippen molar-refractivity contribution < 1.29 is 14.7 Å². The van der Waals surface area contributed by atoms with Crippen LogP contribution in [0.25, 0.3) is 5.69 Å². The summed E-state index contributed by atoms with van der Waals surface area (Å²) in [5.74, 6) is -2.26. The number of amides is 1. The summed E-state index contributed by atoms with van der Waals surface area (Å²) in [6, 6.07) is 7.04. The number of hydrogen-bond acceptors (Lipinski definition) is 5. The topological polar surface area (TPSA) is 110 Å². The second kappa shape index (κ2) is 4.72. The Labute approximate surface area is 113 Å². The summed E-state index contributed by atoms with van der Waals surface area (Å²) in [5.41, 5.74) is 1.17. The summed E-state index contributed by atoms with van der Waals surface area (Å²) in [6.07, 6.45) is 1.80. The molecule has 1 aromatic carbocycles. The number of anilines is 1. The summed E-state index contributed by atoms with van der Waals surface area (Å²) >= 11 is 0. The fourth-order valence-electron chi connectivity index (χ4n) is 2.03. The molecule has 1 heterocycles. The van der Waals surface area contributed by atoms with Gasteiger partial charge in [0.15, 0.2) is 0 Å². The largest absolute Gasteiger partial charge is 0.481 e. The number of carbonyl (C=O) groups excluding carboxylic acids is 1. The molecule has 2 aromatic rings. The van der Waals surface area contributed by atoms with Crippen LogP contribution in [-0.2, 0) is 9.59 Å². The zero-order valence-corrected chi connectivity index (χ0v) is 10.3. The number of nitrogens with one attached hydrogen (secondary N) is 1. The first-order valence-electron chi connectivity index (χ1n) is 6.03. The molecule has 1 aromatic heterocycles. The van der Waals surface area contributed by atoms with Gasteiger partial charge in [-0.2, -0.15) is 4.68 Å². The van der Waals surface area contributed by atoms with Crippen molar-refractivity contribution >= 4 is 17.6 Å². The molecule has 2 atom stereocenters. The number of rotatable bonds is 4. The molecule has 8 heteroatoms. The average molecular weight is 273 g/mol. The SMILES string of the molecule is O=C(O)[C@H]1C[C@H]1C(=O)Nc1ccccc1-n1cnnn1. The van der Waals surface area contributed by atoms with Gasteiger partial charge in [-0.15, -0.1) is 5.10 Å². The number of carboxylic acids is 1. The maximum Gasteiger partial charge on any atom is 0.307 e. The fraction of sp³-hybridized carbons (Fsp3) is 0.250. The highest BCUT2D eigenvalue weighted by atomic mass is 16.4. The summed E-state index contributed by atoms with van der Waals surface area (Å²) in [4.78, 5) is 22.7. The Bertz CT molecular complexity index is 655. The van der Waals surface area contributed by atoms with Crippen molar-refractivity contribution in [2.24, 2.45) is 11.8 Å². The molecule has 1 fully saturated rings. The summed E-state index contributed by atoms with van der Waals surface area (Å²) in [5, 5.41) is 22.4. The lowest BCUT2D eigenvalue weighted by atomic mass is 10.2. The van der Waals surface area contributed by atoms with Gasteiger partial charge in [-0.3, -0.25) is 9.59 Å². The third-order valence-corrected chi connectivity index (χ3v) is 3.20. The lowest BCUT2D eigenvalue weighted by Gasteiger charge is -2.09. The molecule has 0 spiro atoms. The van der Waals surface area contributed by atoms with Gasteiger partial charge in [0.25, 0.3) is 0 Å². The van der Waals surface area contributed by atoms with Crippen LogP contribution < -0.4 is 5.32 Å². The highest BCUT2D eigenvalue weighted by Gasteiger charge is 2.48.